The first kappa shape index (κ1) is 32.1. The average molecular weight is 559 g/mol. The van der Waals surface area contributed by atoms with E-state index in [0.29, 0.717) is 19.4 Å². The molecular weight excluding hydrogens is 516 g/mol. The number of nitrogens with zero attached hydrogens (tertiary/aromatic N) is 1. The molecule has 0 bridgehead atoms. The van der Waals surface area contributed by atoms with Gasteiger partial charge in [-0.15, -0.1) is 0 Å². The van der Waals surface area contributed by atoms with Gasteiger partial charge in [-0.05, 0) is 36.3 Å². The molecular formula is C27H42N8O5. The van der Waals surface area contributed by atoms with Crippen LogP contribution in [0.3, 0.4) is 0 Å². The molecule has 4 unspecified atom stereocenters. The van der Waals surface area contributed by atoms with Crippen molar-refractivity contribution in [1.82, 2.24) is 20.9 Å². The number of hydrogen-bond acceptors (Lipinski definition) is 6. The van der Waals surface area contributed by atoms with Gasteiger partial charge in [0.25, 0.3) is 0 Å². The van der Waals surface area contributed by atoms with Crippen molar-refractivity contribution in [2.75, 3.05) is 6.54 Å². The minimum Gasteiger partial charge on any atom is -0.480 e. The van der Waals surface area contributed by atoms with Crippen LogP contribution >= 0.6 is 0 Å². The number of carboxylic acids is 1. The van der Waals surface area contributed by atoms with E-state index in [1.165, 1.54) is 0 Å². The number of aliphatic carboxylic acids is 1. The van der Waals surface area contributed by atoms with Crippen molar-refractivity contribution in [1.29, 1.82) is 0 Å². The third-order valence-corrected chi connectivity index (χ3v) is 6.51. The van der Waals surface area contributed by atoms with E-state index in [1.54, 1.807) is 33.9 Å². The summed E-state index contributed by atoms with van der Waals surface area (Å²) in [5.74, 6) is -3.72. The van der Waals surface area contributed by atoms with Crippen molar-refractivity contribution in [2.24, 2.45) is 34.0 Å². The Balaban J connectivity index is 2.22. The van der Waals surface area contributed by atoms with Crippen LogP contribution in [0.25, 0.3) is 10.9 Å². The van der Waals surface area contributed by atoms with Crippen molar-refractivity contribution < 1.29 is 24.3 Å². The SMILES string of the molecule is CC(C)C(NC(=O)C(Cc1c[nH]c2ccccc12)NC(=O)C(NC(=O)C(N)CCCN=C(N)N)C(C)C)C(=O)O. The summed E-state index contributed by atoms with van der Waals surface area (Å²) in [4.78, 5) is 58.3. The van der Waals surface area contributed by atoms with Gasteiger partial charge in [0.1, 0.15) is 18.1 Å². The van der Waals surface area contributed by atoms with Crippen LogP contribution in [0.4, 0.5) is 0 Å². The summed E-state index contributed by atoms with van der Waals surface area (Å²) in [6.07, 6.45) is 2.61. The van der Waals surface area contributed by atoms with E-state index in [9.17, 15) is 24.3 Å². The molecule has 0 fully saturated rings. The zero-order valence-corrected chi connectivity index (χ0v) is 23.4. The number of nitrogens with two attached hydrogens (primary N) is 3. The van der Waals surface area contributed by atoms with Crippen LogP contribution in [0.15, 0.2) is 35.5 Å². The predicted octanol–water partition coefficient (Wildman–Crippen LogP) is -0.0577. The molecule has 2 rings (SSSR count). The molecule has 0 saturated heterocycles. The normalized spacial score (nSPS) is 14.3. The number of aromatic nitrogens is 1. The van der Waals surface area contributed by atoms with E-state index in [2.05, 4.69) is 25.9 Å². The van der Waals surface area contributed by atoms with E-state index < -0.39 is 47.9 Å². The molecule has 11 N–H and O–H groups in total. The molecule has 4 atom stereocenters. The van der Waals surface area contributed by atoms with Gasteiger partial charge in [0.2, 0.25) is 17.7 Å². The Morgan fingerprint density at radius 3 is 2.15 bits per heavy atom. The zero-order chi connectivity index (χ0) is 30.0. The fourth-order valence-electron chi connectivity index (χ4n) is 4.20. The molecule has 40 heavy (non-hydrogen) atoms. The molecule has 1 aromatic heterocycles. The number of aliphatic imine (C=N–C) groups is 1. The largest absolute Gasteiger partial charge is 0.480 e. The lowest BCUT2D eigenvalue weighted by atomic mass is 9.99. The monoisotopic (exact) mass is 558 g/mol. The van der Waals surface area contributed by atoms with E-state index in [-0.39, 0.29) is 24.2 Å². The molecule has 1 aromatic carbocycles. The second-order valence-electron chi connectivity index (χ2n) is 10.5. The number of rotatable bonds is 15. The Bertz CT molecular complexity index is 1200. The van der Waals surface area contributed by atoms with Crippen LogP contribution in [0.1, 0.15) is 46.1 Å². The summed E-state index contributed by atoms with van der Waals surface area (Å²) in [5.41, 5.74) is 18.2. The zero-order valence-electron chi connectivity index (χ0n) is 23.4. The summed E-state index contributed by atoms with van der Waals surface area (Å²) >= 11 is 0. The summed E-state index contributed by atoms with van der Waals surface area (Å²) < 4.78 is 0. The van der Waals surface area contributed by atoms with Gasteiger partial charge in [-0.2, -0.15) is 0 Å². The summed E-state index contributed by atoms with van der Waals surface area (Å²) in [6, 6.07) is 3.36. The van der Waals surface area contributed by atoms with Gasteiger partial charge in [0.05, 0.1) is 6.04 Å². The first-order chi connectivity index (χ1) is 18.8. The van der Waals surface area contributed by atoms with Crippen molar-refractivity contribution in [3.63, 3.8) is 0 Å². The van der Waals surface area contributed by atoms with Gasteiger partial charge in [-0.25, -0.2) is 4.79 Å². The van der Waals surface area contributed by atoms with Crippen LogP contribution in [0, 0.1) is 11.8 Å². The van der Waals surface area contributed by atoms with E-state index in [1.807, 2.05) is 24.3 Å². The highest BCUT2D eigenvalue weighted by molar-refractivity contribution is 5.95. The molecule has 2 aromatic rings. The molecule has 1 heterocycles. The number of H-pyrrole nitrogens is 1. The fraction of sp³-hybridized carbons (Fsp3) is 0.519. The van der Waals surface area contributed by atoms with Gasteiger partial charge in [-0.3, -0.25) is 19.4 Å². The van der Waals surface area contributed by atoms with Crippen LogP contribution in [-0.4, -0.2) is 70.5 Å². The molecule has 0 spiro atoms. The predicted molar refractivity (Wildman–Crippen MR) is 153 cm³/mol. The molecule has 0 saturated carbocycles. The van der Waals surface area contributed by atoms with E-state index in [0.717, 1.165) is 16.5 Å². The molecule has 3 amide bonds. The van der Waals surface area contributed by atoms with Crippen LogP contribution in [0.5, 0.6) is 0 Å². The second kappa shape index (κ2) is 14.9. The highest BCUT2D eigenvalue weighted by Gasteiger charge is 2.33. The third-order valence-electron chi connectivity index (χ3n) is 6.51. The highest BCUT2D eigenvalue weighted by atomic mass is 16.4. The topological polar surface area (TPSA) is 231 Å². The maximum absolute atomic E-state index is 13.4. The number of guanidine groups is 1. The Labute approximate surface area is 233 Å². The number of carboxylic acid groups (broad SMARTS) is 1. The third kappa shape index (κ3) is 9.26. The number of carbonyl (C=O) groups is 4. The Morgan fingerprint density at radius 2 is 1.55 bits per heavy atom. The second-order valence-corrected chi connectivity index (χ2v) is 10.5. The average Bonchev–Trinajstić information content (AvgIpc) is 3.29. The number of carbonyl (C=O) groups excluding carboxylic acids is 3. The van der Waals surface area contributed by atoms with Crippen molar-refractivity contribution >= 4 is 40.6 Å². The quantitative estimate of drug-likeness (QED) is 0.0836. The Hall–Kier alpha value is -4.13. The van der Waals surface area contributed by atoms with Gasteiger partial charge in [-0.1, -0.05) is 45.9 Å². The maximum Gasteiger partial charge on any atom is 0.326 e. The first-order valence-corrected chi connectivity index (χ1v) is 13.3. The molecule has 220 valence electrons. The minimum absolute atomic E-state index is 0.0520. The standard InChI is InChI=1S/C27H42N8O5/c1-14(2)21(34-23(36)18(28)9-7-11-31-27(29)30)25(38)33-20(24(37)35-22(15(3)4)26(39)40)12-16-13-32-19-10-6-5-8-17(16)19/h5-6,8,10,13-15,18,20-22,32H,7,9,11-12,28H2,1-4H3,(H,33,38)(H,34,36)(H,35,37)(H,39,40)(H4,29,30,31). The molecule has 0 radical (unpaired) electrons. The van der Waals surface area contributed by atoms with Crippen LogP contribution in [0.2, 0.25) is 0 Å². The Kier molecular flexibility index (Phi) is 11.9. The van der Waals surface area contributed by atoms with Crippen LogP contribution < -0.4 is 33.2 Å². The molecule has 13 heteroatoms. The molecule has 0 aliphatic heterocycles. The minimum atomic E-state index is -1.18. The number of para-hydroxylation sites is 1. The van der Waals surface area contributed by atoms with E-state index >= 15 is 0 Å². The lowest BCUT2D eigenvalue weighted by Crippen LogP contribution is -2.59. The number of aromatic amines is 1. The Morgan fingerprint density at radius 1 is 0.925 bits per heavy atom. The number of hydrogen-bond donors (Lipinski definition) is 8. The van der Waals surface area contributed by atoms with Gasteiger partial charge < -0.3 is 43.2 Å². The van der Waals surface area contributed by atoms with Gasteiger partial charge in [0.15, 0.2) is 5.96 Å². The molecule has 0 aliphatic carbocycles. The summed E-state index contributed by atoms with van der Waals surface area (Å²) in [6.45, 7) is 7.18. The number of nitrogens with one attached hydrogen (secondary N) is 4. The molecule has 0 aliphatic rings. The van der Waals surface area contributed by atoms with Crippen molar-refractivity contribution in [3.05, 3.63) is 36.0 Å². The summed E-state index contributed by atoms with van der Waals surface area (Å²) in [7, 11) is 0. The smallest absolute Gasteiger partial charge is 0.326 e. The first-order valence-electron chi connectivity index (χ1n) is 13.3. The molecule has 13 nitrogen and oxygen atoms in total. The highest BCUT2D eigenvalue weighted by Crippen LogP contribution is 2.19. The number of amides is 3. The van der Waals surface area contributed by atoms with E-state index in [4.69, 9.17) is 17.2 Å². The lowest BCUT2D eigenvalue weighted by molar-refractivity contribution is -0.143. The van der Waals surface area contributed by atoms with Gasteiger partial charge >= 0.3 is 5.97 Å². The summed E-state index contributed by atoms with van der Waals surface area (Å²) in [5, 5.41) is 18.4. The van der Waals surface area contributed by atoms with Gasteiger partial charge in [0, 0.05) is 30.1 Å². The number of fused-ring (bicyclic) bond motifs is 1. The maximum atomic E-state index is 13.4. The van der Waals surface area contributed by atoms with Crippen LogP contribution in [-0.2, 0) is 25.6 Å². The van der Waals surface area contributed by atoms with Crippen molar-refractivity contribution in [2.45, 2.75) is 71.1 Å². The fourth-order valence-corrected chi connectivity index (χ4v) is 4.20. The number of benzene rings is 1. The van der Waals surface area contributed by atoms with Crippen molar-refractivity contribution in [3.8, 4) is 0 Å². The lowest BCUT2D eigenvalue weighted by Gasteiger charge is -2.27.